The fraction of sp³-hybridized carbons (Fsp3) is 0.500. The van der Waals surface area contributed by atoms with Gasteiger partial charge in [-0.3, -0.25) is 4.79 Å². The van der Waals surface area contributed by atoms with E-state index in [1.807, 2.05) is 31.3 Å². The first-order valence-electron chi connectivity index (χ1n) is 6.38. The average molecular weight is 303 g/mol. The van der Waals surface area contributed by atoms with Crippen LogP contribution in [-0.4, -0.2) is 26.0 Å². The number of hydrogen-bond donors (Lipinski definition) is 2. The summed E-state index contributed by atoms with van der Waals surface area (Å²) in [6.07, 6.45) is 2.80. The van der Waals surface area contributed by atoms with Gasteiger partial charge in [-0.1, -0.05) is 23.7 Å². The van der Waals surface area contributed by atoms with Crippen molar-refractivity contribution in [3.63, 3.8) is 0 Å². The lowest BCUT2D eigenvalue weighted by atomic mass is 9.95. The molecular formula is C14H20Cl2N2O. The molecule has 0 heterocycles. The first-order chi connectivity index (χ1) is 8.69. The van der Waals surface area contributed by atoms with E-state index in [2.05, 4.69) is 10.6 Å². The van der Waals surface area contributed by atoms with Crippen LogP contribution in [0.5, 0.6) is 0 Å². The Labute approximate surface area is 125 Å². The second-order valence-corrected chi connectivity index (χ2v) is 5.24. The van der Waals surface area contributed by atoms with Gasteiger partial charge in [-0.15, -0.1) is 12.4 Å². The van der Waals surface area contributed by atoms with Crippen molar-refractivity contribution in [2.24, 2.45) is 0 Å². The number of carbonyl (C=O) groups excluding carboxylic acids is 1. The summed E-state index contributed by atoms with van der Waals surface area (Å²) < 4.78 is 0. The van der Waals surface area contributed by atoms with Gasteiger partial charge in [0.05, 0.1) is 5.41 Å². The number of amides is 1. The van der Waals surface area contributed by atoms with E-state index in [0.717, 1.165) is 37.9 Å². The fourth-order valence-corrected chi connectivity index (χ4v) is 2.38. The van der Waals surface area contributed by atoms with Crippen molar-refractivity contribution in [1.82, 2.24) is 10.6 Å². The Bertz CT molecular complexity index is 433. The van der Waals surface area contributed by atoms with E-state index in [4.69, 9.17) is 11.6 Å². The largest absolute Gasteiger partial charge is 0.355 e. The molecule has 1 aliphatic carbocycles. The van der Waals surface area contributed by atoms with Crippen molar-refractivity contribution in [1.29, 1.82) is 0 Å². The molecular weight excluding hydrogens is 283 g/mol. The first-order valence-corrected chi connectivity index (χ1v) is 6.76. The molecule has 0 unspecified atom stereocenters. The number of rotatable bonds is 6. The zero-order valence-electron chi connectivity index (χ0n) is 11.0. The van der Waals surface area contributed by atoms with Gasteiger partial charge in [-0.2, -0.15) is 0 Å². The van der Waals surface area contributed by atoms with Crippen molar-refractivity contribution < 1.29 is 4.79 Å². The van der Waals surface area contributed by atoms with E-state index < -0.39 is 0 Å². The second kappa shape index (κ2) is 7.13. The molecule has 1 fully saturated rings. The number of halogens is 2. The number of carbonyl (C=O) groups is 1. The molecule has 19 heavy (non-hydrogen) atoms. The van der Waals surface area contributed by atoms with E-state index in [1.54, 1.807) is 0 Å². The summed E-state index contributed by atoms with van der Waals surface area (Å²) in [5, 5.41) is 6.78. The van der Waals surface area contributed by atoms with Crippen LogP contribution in [0.2, 0.25) is 5.02 Å². The molecule has 1 aliphatic rings. The number of benzene rings is 1. The van der Waals surface area contributed by atoms with Gasteiger partial charge in [-0.25, -0.2) is 0 Å². The highest BCUT2D eigenvalue weighted by atomic mass is 35.5. The summed E-state index contributed by atoms with van der Waals surface area (Å²) in [7, 11) is 1.91. The molecule has 1 aromatic rings. The highest BCUT2D eigenvalue weighted by molar-refractivity contribution is 6.30. The quantitative estimate of drug-likeness (QED) is 0.793. The van der Waals surface area contributed by atoms with E-state index in [9.17, 15) is 4.79 Å². The minimum atomic E-state index is -0.315. The first kappa shape index (κ1) is 16.3. The fourth-order valence-electron chi connectivity index (χ4n) is 2.19. The minimum absolute atomic E-state index is 0. The molecule has 0 aromatic heterocycles. The van der Waals surface area contributed by atoms with Crippen LogP contribution in [0, 0.1) is 0 Å². The Morgan fingerprint density at radius 1 is 1.37 bits per heavy atom. The molecule has 106 valence electrons. The van der Waals surface area contributed by atoms with Crippen molar-refractivity contribution in [3.8, 4) is 0 Å². The van der Waals surface area contributed by atoms with Crippen LogP contribution < -0.4 is 10.6 Å². The van der Waals surface area contributed by atoms with Gasteiger partial charge in [0.1, 0.15) is 0 Å². The molecule has 0 atom stereocenters. The van der Waals surface area contributed by atoms with E-state index >= 15 is 0 Å². The maximum atomic E-state index is 12.2. The van der Waals surface area contributed by atoms with Crippen LogP contribution in [0.15, 0.2) is 24.3 Å². The van der Waals surface area contributed by atoms with Gasteiger partial charge in [0.25, 0.3) is 0 Å². The average Bonchev–Trinajstić information content (AvgIpc) is 3.16. The van der Waals surface area contributed by atoms with Crippen LogP contribution >= 0.6 is 24.0 Å². The van der Waals surface area contributed by atoms with Gasteiger partial charge < -0.3 is 10.6 Å². The number of nitrogens with one attached hydrogen (secondary N) is 2. The Balaban J connectivity index is 0.00000180. The number of hydrogen-bond acceptors (Lipinski definition) is 2. The van der Waals surface area contributed by atoms with Gasteiger partial charge in [0, 0.05) is 11.6 Å². The molecule has 2 N–H and O–H groups in total. The molecule has 0 aliphatic heterocycles. The Morgan fingerprint density at radius 3 is 2.68 bits per heavy atom. The Kier molecular flexibility index (Phi) is 6.11. The lowest BCUT2D eigenvalue weighted by Crippen LogP contribution is -2.36. The zero-order chi connectivity index (χ0) is 13.0. The van der Waals surface area contributed by atoms with E-state index in [0.29, 0.717) is 5.02 Å². The predicted molar refractivity (Wildman–Crippen MR) is 81.2 cm³/mol. The van der Waals surface area contributed by atoms with Crippen LogP contribution in [0.1, 0.15) is 24.8 Å². The van der Waals surface area contributed by atoms with Crippen molar-refractivity contribution in [3.05, 3.63) is 34.9 Å². The molecule has 1 saturated carbocycles. The van der Waals surface area contributed by atoms with Crippen molar-refractivity contribution in [2.75, 3.05) is 20.1 Å². The molecule has 1 amide bonds. The SMILES string of the molecule is CNCCCNC(=O)C1(c2cccc(Cl)c2)CC1.Cl. The molecule has 1 aromatic carbocycles. The normalized spacial score (nSPS) is 15.5. The zero-order valence-corrected chi connectivity index (χ0v) is 12.6. The molecule has 0 radical (unpaired) electrons. The molecule has 0 saturated heterocycles. The van der Waals surface area contributed by atoms with Gasteiger partial charge >= 0.3 is 0 Å². The van der Waals surface area contributed by atoms with Gasteiger partial charge in [0.15, 0.2) is 0 Å². The summed E-state index contributed by atoms with van der Waals surface area (Å²) >= 11 is 5.99. The topological polar surface area (TPSA) is 41.1 Å². The maximum Gasteiger partial charge on any atom is 0.230 e. The molecule has 2 rings (SSSR count). The summed E-state index contributed by atoms with van der Waals surface area (Å²) in [4.78, 5) is 12.2. The van der Waals surface area contributed by atoms with Gasteiger partial charge in [-0.05, 0) is 50.6 Å². The van der Waals surface area contributed by atoms with Crippen molar-refractivity contribution in [2.45, 2.75) is 24.7 Å². The highest BCUT2D eigenvalue weighted by Gasteiger charge is 2.51. The van der Waals surface area contributed by atoms with Crippen LogP contribution in [-0.2, 0) is 10.2 Å². The molecule has 0 spiro atoms. The summed E-state index contributed by atoms with van der Waals surface area (Å²) in [6.45, 7) is 1.65. The predicted octanol–water partition coefficient (Wildman–Crippen LogP) is 2.52. The molecule has 0 bridgehead atoms. The van der Waals surface area contributed by atoms with E-state index in [-0.39, 0.29) is 23.7 Å². The molecule has 3 nitrogen and oxygen atoms in total. The van der Waals surface area contributed by atoms with Crippen LogP contribution in [0.25, 0.3) is 0 Å². The van der Waals surface area contributed by atoms with E-state index in [1.165, 1.54) is 0 Å². The Morgan fingerprint density at radius 2 is 2.11 bits per heavy atom. The highest BCUT2D eigenvalue weighted by Crippen LogP contribution is 2.48. The standard InChI is InChI=1S/C14H19ClN2O.ClH/c1-16-8-3-9-17-13(18)14(6-7-14)11-4-2-5-12(15)10-11;/h2,4-5,10,16H,3,6-9H2,1H3,(H,17,18);1H. The third-order valence-electron chi connectivity index (χ3n) is 3.45. The minimum Gasteiger partial charge on any atom is -0.355 e. The summed E-state index contributed by atoms with van der Waals surface area (Å²) in [5.41, 5.74) is 0.728. The summed E-state index contributed by atoms with van der Waals surface area (Å²) in [6, 6.07) is 7.64. The lowest BCUT2D eigenvalue weighted by molar-refractivity contribution is -0.123. The van der Waals surface area contributed by atoms with Crippen LogP contribution in [0.3, 0.4) is 0 Å². The third-order valence-corrected chi connectivity index (χ3v) is 3.69. The van der Waals surface area contributed by atoms with Gasteiger partial charge in [0.2, 0.25) is 5.91 Å². The van der Waals surface area contributed by atoms with Crippen LogP contribution in [0.4, 0.5) is 0 Å². The summed E-state index contributed by atoms with van der Waals surface area (Å²) in [5.74, 6) is 0.140. The lowest BCUT2D eigenvalue weighted by Gasteiger charge is -2.16. The maximum absolute atomic E-state index is 12.2. The van der Waals surface area contributed by atoms with Crippen molar-refractivity contribution >= 4 is 29.9 Å². The molecule has 5 heteroatoms. The monoisotopic (exact) mass is 302 g/mol. The Hall–Kier alpha value is -0.770. The second-order valence-electron chi connectivity index (χ2n) is 4.81. The smallest absolute Gasteiger partial charge is 0.230 e. The third kappa shape index (κ3) is 3.85.